The zero-order chi connectivity index (χ0) is 27.3. The first kappa shape index (κ1) is 30.5. The maximum Gasteiger partial charge on any atom is 0.475 e. The average Bonchev–Trinajstić information content (AvgIpc) is 2.90. The number of hydrogen-bond acceptors (Lipinski definition) is 7. The van der Waals surface area contributed by atoms with Crippen LogP contribution in [0.15, 0.2) is 65.6 Å². The van der Waals surface area contributed by atoms with E-state index in [4.69, 9.17) is 10.3 Å². The molecule has 2 aromatic carbocycles. The normalized spacial score (nSPS) is 15.5. The van der Waals surface area contributed by atoms with Crippen LogP contribution in [-0.2, 0) is 26.3 Å². The maximum atomic E-state index is 13.0. The van der Waals surface area contributed by atoms with E-state index in [0.717, 1.165) is 24.8 Å². The average molecular weight is 533 g/mol. The number of nitrogens with two attached hydrogens (primary N) is 1. The molecule has 0 radical (unpaired) electrons. The molecule has 1 atom stereocenters. The Morgan fingerprint density at radius 1 is 0.946 bits per heavy atom. The molecule has 0 spiro atoms. The van der Waals surface area contributed by atoms with Crippen LogP contribution in [0.2, 0.25) is 0 Å². The Morgan fingerprint density at radius 3 is 2.00 bits per heavy atom. The van der Waals surface area contributed by atoms with Gasteiger partial charge in [-0.3, -0.25) is 14.1 Å². The smallest absolute Gasteiger partial charge is 0.426 e. The summed E-state index contributed by atoms with van der Waals surface area (Å²) in [6.45, 7) is 0.746. The zero-order valence-corrected chi connectivity index (χ0v) is 21.6. The van der Waals surface area contributed by atoms with E-state index < -0.39 is 34.5 Å². The standard InChI is InChI=1S/C19H30BN3O4.C6H6O3S/c21-13-7-10-16(20(26)27)23-18(25)19(11-5-2-6-12-19)17(24)22-14-15-8-3-1-4-9-15;7-10(8,9)6-4-2-1-3-5-6/h1,3-4,8-9,16,26-27H,2,5-7,10-14,21H2,(H,22,24)(H,23,25);1-5H,(H,7,8,9)/t16-;/m0./s1. The fraction of sp³-hybridized carbons (Fsp3) is 0.440. The topological polar surface area (TPSA) is 179 Å². The number of hydrogen-bond donors (Lipinski definition) is 6. The molecule has 0 saturated heterocycles. The second-order valence-corrected chi connectivity index (χ2v) is 10.4. The summed E-state index contributed by atoms with van der Waals surface area (Å²) in [7, 11) is -5.69. The van der Waals surface area contributed by atoms with E-state index in [0.29, 0.717) is 38.8 Å². The molecule has 0 heterocycles. The molecule has 3 rings (SSSR count). The lowest BCUT2D eigenvalue weighted by atomic mass is 9.70. The van der Waals surface area contributed by atoms with Crippen molar-refractivity contribution in [2.24, 2.45) is 11.1 Å². The Bertz CT molecular complexity index is 1080. The van der Waals surface area contributed by atoms with E-state index in [1.807, 2.05) is 30.3 Å². The van der Waals surface area contributed by atoms with Crippen LogP contribution in [0.1, 0.15) is 50.5 Å². The van der Waals surface area contributed by atoms with Gasteiger partial charge in [0, 0.05) is 6.54 Å². The molecule has 202 valence electrons. The van der Waals surface area contributed by atoms with Crippen molar-refractivity contribution in [2.75, 3.05) is 6.54 Å². The molecule has 0 bridgehead atoms. The maximum absolute atomic E-state index is 13.0. The van der Waals surface area contributed by atoms with Gasteiger partial charge in [0.25, 0.3) is 10.1 Å². The third kappa shape index (κ3) is 9.56. The van der Waals surface area contributed by atoms with Gasteiger partial charge >= 0.3 is 7.12 Å². The summed E-state index contributed by atoms with van der Waals surface area (Å²) in [5, 5.41) is 24.7. The van der Waals surface area contributed by atoms with Gasteiger partial charge in [-0.25, -0.2) is 0 Å². The van der Waals surface area contributed by atoms with E-state index in [1.54, 1.807) is 18.2 Å². The quantitative estimate of drug-likeness (QED) is 0.151. The highest BCUT2D eigenvalue weighted by Crippen LogP contribution is 2.37. The summed E-state index contributed by atoms with van der Waals surface area (Å²) in [6.07, 6.45) is 4.40. The fourth-order valence-corrected chi connectivity index (χ4v) is 4.69. The predicted molar refractivity (Wildman–Crippen MR) is 140 cm³/mol. The molecule has 0 aromatic heterocycles. The Morgan fingerprint density at radius 2 is 1.51 bits per heavy atom. The molecule has 0 unspecified atom stereocenters. The minimum atomic E-state index is -4.00. The molecule has 2 aromatic rings. The molecule has 12 heteroatoms. The monoisotopic (exact) mass is 533 g/mol. The lowest BCUT2D eigenvalue weighted by molar-refractivity contribution is -0.146. The molecule has 0 aliphatic heterocycles. The number of carbonyl (C=O) groups is 2. The van der Waals surface area contributed by atoms with Crippen molar-refractivity contribution < 1.29 is 32.6 Å². The van der Waals surface area contributed by atoms with Crippen molar-refractivity contribution in [1.82, 2.24) is 10.6 Å². The molecular formula is C25H36BN3O7S. The van der Waals surface area contributed by atoms with Crippen molar-refractivity contribution in [3.63, 3.8) is 0 Å². The third-order valence-corrected chi connectivity index (χ3v) is 7.18. The van der Waals surface area contributed by atoms with E-state index >= 15 is 0 Å². The van der Waals surface area contributed by atoms with E-state index in [9.17, 15) is 28.1 Å². The van der Waals surface area contributed by atoms with E-state index in [-0.39, 0.29) is 10.8 Å². The molecule has 7 N–H and O–H groups in total. The fourth-order valence-electron chi connectivity index (χ4n) is 4.19. The van der Waals surface area contributed by atoms with Gasteiger partial charge in [-0.05, 0) is 49.9 Å². The van der Waals surface area contributed by atoms with Gasteiger partial charge in [-0.15, -0.1) is 0 Å². The first-order valence-corrected chi connectivity index (χ1v) is 13.8. The van der Waals surface area contributed by atoms with Crippen molar-refractivity contribution in [3.8, 4) is 0 Å². The molecule has 37 heavy (non-hydrogen) atoms. The highest BCUT2D eigenvalue weighted by Gasteiger charge is 2.47. The first-order chi connectivity index (χ1) is 17.6. The lowest BCUT2D eigenvalue weighted by Gasteiger charge is -2.35. The Labute approximate surface area is 218 Å². The second-order valence-electron chi connectivity index (χ2n) is 9.02. The summed E-state index contributed by atoms with van der Waals surface area (Å²) in [5.74, 6) is -1.56. The minimum Gasteiger partial charge on any atom is -0.426 e. The summed E-state index contributed by atoms with van der Waals surface area (Å²) in [6, 6.07) is 17.0. The van der Waals surface area contributed by atoms with Crippen LogP contribution >= 0.6 is 0 Å². The SMILES string of the molecule is NCCC[C@H](NC(=O)C1(C(=O)NCc2ccccc2)CCCCC1)B(O)O.O=S(=O)(O)c1ccccc1. The Kier molecular flexibility index (Phi) is 12.2. The summed E-state index contributed by atoms with van der Waals surface area (Å²) >= 11 is 0. The number of carbonyl (C=O) groups excluding carboxylic acids is 2. The van der Waals surface area contributed by atoms with Crippen molar-refractivity contribution in [1.29, 1.82) is 0 Å². The second kappa shape index (κ2) is 14.8. The van der Waals surface area contributed by atoms with Crippen LogP contribution in [0.5, 0.6) is 0 Å². The highest BCUT2D eigenvalue weighted by atomic mass is 32.2. The van der Waals surface area contributed by atoms with Crippen LogP contribution in [0.3, 0.4) is 0 Å². The molecule has 1 fully saturated rings. The summed E-state index contributed by atoms with van der Waals surface area (Å²) in [5.41, 5.74) is 5.28. The van der Waals surface area contributed by atoms with Gasteiger partial charge in [-0.2, -0.15) is 8.42 Å². The number of rotatable bonds is 10. The molecule has 1 saturated carbocycles. The van der Waals surface area contributed by atoms with Crippen LogP contribution in [0.4, 0.5) is 0 Å². The Hall–Kier alpha value is -2.77. The van der Waals surface area contributed by atoms with Gasteiger partial charge < -0.3 is 26.4 Å². The van der Waals surface area contributed by atoms with E-state index in [1.165, 1.54) is 12.1 Å². The lowest BCUT2D eigenvalue weighted by Crippen LogP contribution is -2.57. The molecule has 1 aliphatic carbocycles. The zero-order valence-electron chi connectivity index (χ0n) is 20.8. The van der Waals surface area contributed by atoms with Gasteiger partial charge in [0.15, 0.2) is 0 Å². The molecule has 2 amide bonds. The largest absolute Gasteiger partial charge is 0.475 e. The van der Waals surface area contributed by atoms with Crippen LogP contribution in [-0.4, -0.2) is 54.4 Å². The highest BCUT2D eigenvalue weighted by molar-refractivity contribution is 7.85. The molecular weight excluding hydrogens is 497 g/mol. The van der Waals surface area contributed by atoms with Gasteiger partial charge in [0.05, 0.1) is 10.8 Å². The van der Waals surface area contributed by atoms with Crippen LogP contribution in [0, 0.1) is 5.41 Å². The summed E-state index contributed by atoms with van der Waals surface area (Å²) in [4.78, 5) is 25.9. The summed E-state index contributed by atoms with van der Waals surface area (Å²) < 4.78 is 29.2. The van der Waals surface area contributed by atoms with Crippen molar-refractivity contribution in [2.45, 2.75) is 62.3 Å². The van der Waals surface area contributed by atoms with Gasteiger partial charge in [0.2, 0.25) is 11.8 Å². The molecule has 1 aliphatic rings. The third-order valence-electron chi connectivity index (χ3n) is 6.31. The Balaban J connectivity index is 0.000000402. The minimum absolute atomic E-state index is 0.0741. The van der Waals surface area contributed by atoms with Gasteiger partial charge in [0.1, 0.15) is 5.41 Å². The predicted octanol–water partition coefficient (Wildman–Crippen LogP) is 1.42. The van der Waals surface area contributed by atoms with Crippen molar-refractivity contribution >= 4 is 29.1 Å². The van der Waals surface area contributed by atoms with Crippen molar-refractivity contribution in [3.05, 3.63) is 66.2 Å². The number of amides is 2. The molecule has 10 nitrogen and oxygen atoms in total. The van der Waals surface area contributed by atoms with Gasteiger partial charge in [-0.1, -0.05) is 67.8 Å². The van der Waals surface area contributed by atoms with Crippen LogP contribution in [0.25, 0.3) is 0 Å². The number of benzene rings is 2. The first-order valence-electron chi connectivity index (χ1n) is 12.3. The van der Waals surface area contributed by atoms with E-state index in [2.05, 4.69) is 10.6 Å². The van der Waals surface area contributed by atoms with Crippen LogP contribution < -0.4 is 16.4 Å². The number of nitrogens with one attached hydrogen (secondary N) is 2.